The molecule has 0 aromatic carbocycles. The largest absolute Gasteiger partial charge is 0.359 e. The highest BCUT2D eigenvalue weighted by molar-refractivity contribution is 5.94. The summed E-state index contributed by atoms with van der Waals surface area (Å²) in [4.78, 5) is 30.6. The molecule has 0 saturated heterocycles. The minimum atomic E-state index is -0.275. The molecule has 132 valence electrons. The van der Waals surface area contributed by atoms with E-state index in [1.165, 1.54) is 0 Å². The molecule has 1 N–H and O–H groups in total. The van der Waals surface area contributed by atoms with Crippen LogP contribution in [-0.4, -0.2) is 39.4 Å². The summed E-state index contributed by atoms with van der Waals surface area (Å²) in [6.45, 7) is 2.66. The molecule has 0 atom stereocenters. The molecular formula is C18H22N4O3. The highest BCUT2D eigenvalue weighted by Crippen LogP contribution is 2.26. The summed E-state index contributed by atoms with van der Waals surface area (Å²) in [6, 6.07) is 5.29. The number of amides is 2. The molecule has 1 aliphatic rings. The summed E-state index contributed by atoms with van der Waals surface area (Å²) < 4.78 is 5.29. The number of carbonyl (C=O) groups excluding carboxylic acids is 2. The summed E-state index contributed by atoms with van der Waals surface area (Å²) in [5, 5.41) is 6.49. The van der Waals surface area contributed by atoms with Gasteiger partial charge in [-0.25, -0.2) is 0 Å². The SMILES string of the molecule is CCNC(=O)c1cc(CN(C(=O)c2cccnc2)C2CCCC2)on1. The zero-order valence-corrected chi connectivity index (χ0v) is 14.3. The summed E-state index contributed by atoms with van der Waals surface area (Å²) in [5.74, 6) is 0.157. The van der Waals surface area contributed by atoms with Crippen LogP contribution in [-0.2, 0) is 6.54 Å². The second-order valence-corrected chi connectivity index (χ2v) is 6.15. The predicted molar refractivity (Wildman–Crippen MR) is 90.9 cm³/mol. The highest BCUT2D eigenvalue weighted by Gasteiger charge is 2.29. The number of nitrogens with one attached hydrogen (secondary N) is 1. The number of pyridine rings is 1. The fourth-order valence-corrected chi connectivity index (χ4v) is 3.15. The van der Waals surface area contributed by atoms with Gasteiger partial charge in [0.2, 0.25) is 0 Å². The third-order valence-corrected chi connectivity index (χ3v) is 4.39. The van der Waals surface area contributed by atoms with E-state index < -0.39 is 0 Å². The highest BCUT2D eigenvalue weighted by atomic mass is 16.5. The molecule has 1 fully saturated rings. The number of hydrogen-bond acceptors (Lipinski definition) is 5. The maximum atomic E-state index is 12.9. The lowest BCUT2D eigenvalue weighted by Gasteiger charge is -2.28. The molecule has 0 unspecified atom stereocenters. The number of nitrogens with zero attached hydrogens (tertiary/aromatic N) is 3. The van der Waals surface area contributed by atoms with Gasteiger partial charge in [0.1, 0.15) is 0 Å². The Balaban J connectivity index is 1.78. The third-order valence-electron chi connectivity index (χ3n) is 4.39. The van der Waals surface area contributed by atoms with Gasteiger partial charge in [-0.3, -0.25) is 14.6 Å². The number of carbonyl (C=O) groups is 2. The van der Waals surface area contributed by atoms with E-state index in [0.29, 0.717) is 24.4 Å². The molecule has 0 bridgehead atoms. The lowest BCUT2D eigenvalue weighted by Crippen LogP contribution is -2.38. The fraction of sp³-hybridized carbons (Fsp3) is 0.444. The molecule has 3 rings (SSSR count). The Morgan fingerprint density at radius 3 is 2.84 bits per heavy atom. The third kappa shape index (κ3) is 4.04. The maximum absolute atomic E-state index is 12.9. The molecule has 0 spiro atoms. The van der Waals surface area contributed by atoms with Gasteiger partial charge in [0, 0.05) is 31.0 Å². The first-order valence-corrected chi connectivity index (χ1v) is 8.64. The molecule has 0 radical (unpaired) electrons. The van der Waals surface area contributed by atoms with Crippen molar-refractivity contribution in [1.82, 2.24) is 20.4 Å². The van der Waals surface area contributed by atoms with Gasteiger partial charge in [-0.15, -0.1) is 0 Å². The van der Waals surface area contributed by atoms with E-state index in [-0.39, 0.29) is 23.6 Å². The Morgan fingerprint density at radius 2 is 2.16 bits per heavy atom. The van der Waals surface area contributed by atoms with Crippen molar-refractivity contribution in [3.8, 4) is 0 Å². The molecule has 7 nitrogen and oxygen atoms in total. The van der Waals surface area contributed by atoms with Crippen LogP contribution in [0, 0.1) is 0 Å². The van der Waals surface area contributed by atoms with E-state index in [4.69, 9.17) is 4.52 Å². The molecule has 2 heterocycles. The number of rotatable bonds is 6. The van der Waals surface area contributed by atoms with Gasteiger partial charge in [0.05, 0.1) is 12.1 Å². The molecule has 7 heteroatoms. The van der Waals surface area contributed by atoms with Crippen molar-refractivity contribution in [1.29, 1.82) is 0 Å². The Kier molecular flexibility index (Phi) is 5.42. The second kappa shape index (κ2) is 7.92. The topological polar surface area (TPSA) is 88.3 Å². The molecule has 25 heavy (non-hydrogen) atoms. The zero-order chi connectivity index (χ0) is 17.6. The van der Waals surface area contributed by atoms with Crippen LogP contribution in [0.4, 0.5) is 0 Å². The van der Waals surface area contributed by atoms with Crippen LogP contribution in [0.3, 0.4) is 0 Å². The molecule has 2 amide bonds. The van der Waals surface area contributed by atoms with E-state index >= 15 is 0 Å². The quantitative estimate of drug-likeness (QED) is 0.871. The Bertz CT molecular complexity index is 723. The van der Waals surface area contributed by atoms with Crippen molar-refractivity contribution in [2.75, 3.05) is 6.54 Å². The molecular weight excluding hydrogens is 320 g/mol. The first-order chi connectivity index (χ1) is 12.2. The molecule has 2 aromatic heterocycles. The Hall–Kier alpha value is -2.70. The lowest BCUT2D eigenvalue weighted by atomic mass is 10.1. The average molecular weight is 342 g/mol. The first-order valence-electron chi connectivity index (χ1n) is 8.64. The lowest BCUT2D eigenvalue weighted by molar-refractivity contribution is 0.0643. The van der Waals surface area contributed by atoms with Gasteiger partial charge in [-0.2, -0.15) is 0 Å². The van der Waals surface area contributed by atoms with Crippen molar-refractivity contribution in [3.63, 3.8) is 0 Å². The minimum absolute atomic E-state index is 0.0732. The van der Waals surface area contributed by atoms with Crippen LogP contribution >= 0.6 is 0 Å². The van der Waals surface area contributed by atoms with Crippen LogP contribution in [0.25, 0.3) is 0 Å². The van der Waals surface area contributed by atoms with Crippen LogP contribution in [0.15, 0.2) is 35.1 Å². The van der Waals surface area contributed by atoms with E-state index in [9.17, 15) is 9.59 Å². The summed E-state index contributed by atoms with van der Waals surface area (Å²) in [6.07, 6.45) is 7.40. The van der Waals surface area contributed by atoms with Gasteiger partial charge in [-0.1, -0.05) is 18.0 Å². The van der Waals surface area contributed by atoms with Crippen LogP contribution < -0.4 is 5.32 Å². The Morgan fingerprint density at radius 1 is 1.36 bits per heavy atom. The van der Waals surface area contributed by atoms with Gasteiger partial charge in [0.15, 0.2) is 11.5 Å². The van der Waals surface area contributed by atoms with Crippen molar-refractivity contribution < 1.29 is 14.1 Å². The molecule has 1 aliphatic carbocycles. The number of aromatic nitrogens is 2. The van der Waals surface area contributed by atoms with Crippen molar-refractivity contribution in [2.45, 2.75) is 45.2 Å². The van der Waals surface area contributed by atoms with Crippen LogP contribution in [0.1, 0.15) is 59.2 Å². The summed E-state index contributed by atoms with van der Waals surface area (Å²) in [7, 11) is 0. The molecule has 0 aliphatic heterocycles. The normalized spacial score (nSPS) is 14.4. The predicted octanol–water partition coefficient (Wildman–Crippen LogP) is 2.40. The Labute approximate surface area is 146 Å². The maximum Gasteiger partial charge on any atom is 0.273 e. The van der Waals surface area contributed by atoms with Gasteiger partial charge >= 0.3 is 0 Å². The van der Waals surface area contributed by atoms with Gasteiger partial charge in [0.25, 0.3) is 11.8 Å². The molecule has 2 aromatic rings. The first kappa shape index (κ1) is 17.1. The summed E-state index contributed by atoms with van der Waals surface area (Å²) in [5.41, 5.74) is 0.787. The monoisotopic (exact) mass is 342 g/mol. The zero-order valence-electron chi connectivity index (χ0n) is 14.3. The van der Waals surface area contributed by atoms with E-state index in [0.717, 1.165) is 25.7 Å². The van der Waals surface area contributed by atoms with E-state index in [1.807, 2.05) is 11.8 Å². The van der Waals surface area contributed by atoms with Crippen LogP contribution in [0.5, 0.6) is 0 Å². The standard InChI is InChI=1S/C18H22N4O3/c1-2-20-17(23)16-10-15(25-21-16)12-22(14-7-3-4-8-14)18(24)13-6-5-9-19-11-13/h5-6,9-11,14H,2-4,7-8,12H2,1H3,(H,20,23). The van der Waals surface area contributed by atoms with E-state index in [1.54, 1.807) is 30.6 Å². The summed E-state index contributed by atoms with van der Waals surface area (Å²) >= 11 is 0. The van der Waals surface area contributed by atoms with Crippen molar-refractivity contribution in [2.24, 2.45) is 0 Å². The second-order valence-electron chi connectivity index (χ2n) is 6.15. The molecule has 1 saturated carbocycles. The van der Waals surface area contributed by atoms with Crippen LogP contribution in [0.2, 0.25) is 0 Å². The van der Waals surface area contributed by atoms with E-state index in [2.05, 4.69) is 15.5 Å². The van der Waals surface area contributed by atoms with Gasteiger partial charge < -0.3 is 14.7 Å². The van der Waals surface area contributed by atoms with Crippen molar-refractivity contribution in [3.05, 3.63) is 47.6 Å². The van der Waals surface area contributed by atoms with Gasteiger partial charge in [-0.05, 0) is 31.9 Å². The fourth-order valence-electron chi connectivity index (χ4n) is 3.15. The smallest absolute Gasteiger partial charge is 0.273 e. The number of hydrogen-bond donors (Lipinski definition) is 1. The average Bonchev–Trinajstić information content (AvgIpc) is 3.32. The van der Waals surface area contributed by atoms with Crippen molar-refractivity contribution >= 4 is 11.8 Å². The minimum Gasteiger partial charge on any atom is -0.359 e.